The Labute approximate surface area is 204 Å². The van der Waals surface area contributed by atoms with E-state index in [9.17, 15) is 9.59 Å². The van der Waals surface area contributed by atoms with Crippen LogP contribution in [0.4, 0.5) is 0 Å². The van der Waals surface area contributed by atoms with Gasteiger partial charge in [0.25, 0.3) is 11.5 Å². The Hall–Kier alpha value is -3.65. The van der Waals surface area contributed by atoms with E-state index < -0.39 is 0 Å². The fraction of sp³-hybridized carbons (Fsp3) is 0.370. The van der Waals surface area contributed by atoms with Crippen LogP contribution in [0.2, 0.25) is 0 Å². The standard InChI is InChI=1S/C27H32N6O2/c1-5-6-9-33-16-22(20-7-8-28-25(20)27(33)35)21-14-19(15-23-24(21)29-17-30(23)4)26(34)32-12-10-31(11-13-32)18(2)3/h5-8,14-18,28H,9-13H2,1-4H3/b6-5+. The minimum Gasteiger partial charge on any atom is -0.357 e. The summed E-state index contributed by atoms with van der Waals surface area (Å²) in [5.41, 5.74) is 4.56. The maximum absolute atomic E-state index is 13.6. The summed E-state index contributed by atoms with van der Waals surface area (Å²) in [5.74, 6) is 0.0327. The predicted octanol–water partition coefficient (Wildman–Crippen LogP) is 3.63. The number of hydrogen-bond donors (Lipinski definition) is 1. The van der Waals surface area contributed by atoms with Crippen molar-refractivity contribution in [2.45, 2.75) is 33.4 Å². The number of piperazine rings is 1. The van der Waals surface area contributed by atoms with Crippen molar-refractivity contribution in [3.63, 3.8) is 0 Å². The quantitative estimate of drug-likeness (QED) is 0.450. The molecule has 1 saturated heterocycles. The van der Waals surface area contributed by atoms with Crippen LogP contribution >= 0.6 is 0 Å². The Morgan fingerprint density at radius 3 is 2.66 bits per heavy atom. The van der Waals surface area contributed by atoms with E-state index in [1.54, 1.807) is 17.1 Å². The summed E-state index contributed by atoms with van der Waals surface area (Å²) in [4.78, 5) is 38.7. The van der Waals surface area contributed by atoms with Gasteiger partial charge in [-0.1, -0.05) is 12.2 Å². The average molecular weight is 473 g/mol. The number of amides is 1. The van der Waals surface area contributed by atoms with E-state index in [-0.39, 0.29) is 11.5 Å². The molecule has 4 heterocycles. The van der Waals surface area contributed by atoms with Crippen molar-refractivity contribution in [2.24, 2.45) is 7.05 Å². The normalized spacial score (nSPS) is 15.3. The van der Waals surface area contributed by atoms with Crippen LogP contribution in [0.1, 0.15) is 31.1 Å². The summed E-state index contributed by atoms with van der Waals surface area (Å²) in [6.07, 6.45) is 9.33. The lowest BCUT2D eigenvalue weighted by atomic mass is 9.99. The Morgan fingerprint density at radius 1 is 1.17 bits per heavy atom. The molecule has 1 N–H and O–H groups in total. The number of carbonyl (C=O) groups is 1. The van der Waals surface area contributed by atoms with Gasteiger partial charge in [0, 0.05) is 80.3 Å². The lowest BCUT2D eigenvalue weighted by Gasteiger charge is -2.37. The number of pyridine rings is 1. The van der Waals surface area contributed by atoms with E-state index >= 15 is 0 Å². The van der Waals surface area contributed by atoms with Gasteiger partial charge in [0.2, 0.25) is 0 Å². The Bertz CT molecular complexity index is 1480. The van der Waals surface area contributed by atoms with E-state index in [0.717, 1.165) is 40.6 Å². The molecule has 0 radical (unpaired) electrons. The highest BCUT2D eigenvalue weighted by Crippen LogP contribution is 2.33. The van der Waals surface area contributed by atoms with Crippen molar-refractivity contribution in [1.82, 2.24) is 28.9 Å². The van der Waals surface area contributed by atoms with Gasteiger partial charge in [-0.25, -0.2) is 4.98 Å². The van der Waals surface area contributed by atoms with E-state index in [2.05, 4.69) is 28.7 Å². The summed E-state index contributed by atoms with van der Waals surface area (Å²) < 4.78 is 3.64. The van der Waals surface area contributed by atoms with Crippen molar-refractivity contribution < 1.29 is 4.79 Å². The molecule has 1 aromatic carbocycles. The highest BCUT2D eigenvalue weighted by Gasteiger charge is 2.25. The fourth-order valence-corrected chi connectivity index (χ4v) is 4.95. The molecule has 182 valence electrons. The molecule has 0 unspecified atom stereocenters. The minimum atomic E-state index is -0.0700. The van der Waals surface area contributed by atoms with Gasteiger partial charge in [-0.05, 0) is 39.0 Å². The molecule has 3 aromatic heterocycles. The first-order valence-corrected chi connectivity index (χ1v) is 12.2. The number of carbonyl (C=O) groups excluding carboxylic acids is 1. The zero-order valence-electron chi connectivity index (χ0n) is 20.8. The number of aromatic nitrogens is 4. The lowest BCUT2D eigenvalue weighted by Crippen LogP contribution is -2.50. The summed E-state index contributed by atoms with van der Waals surface area (Å²) in [5, 5.41) is 0.828. The highest BCUT2D eigenvalue weighted by atomic mass is 16.2. The van der Waals surface area contributed by atoms with Crippen LogP contribution in [0.3, 0.4) is 0 Å². The lowest BCUT2D eigenvalue weighted by molar-refractivity contribution is 0.0595. The zero-order valence-corrected chi connectivity index (χ0v) is 20.8. The third kappa shape index (κ3) is 4.08. The summed E-state index contributed by atoms with van der Waals surface area (Å²) in [7, 11) is 1.94. The van der Waals surface area contributed by atoms with Crippen LogP contribution in [-0.4, -0.2) is 67.0 Å². The van der Waals surface area contributed by atoms with Crippen LogP contribution in [-0.2, 0) is 13.6 Å². The SMILES string of the molecule is C/C=C/Cn1cc(-c2cc(C(=O)N3CCN(C(C)C)CC3)cc3c2ncn3C)c2cc[nH]c2c1=O. The van der Waals surface area contributed by atoms with Crippen molar-refractivity contribution in [3.05, 3.63) is 65.0 Å². The van der Waals surface area contributed by atoms with Gasteiger partial charge in [0.1, 0.15) is 5.52 Å². The number of nitrogens with zero attached hydrogens (tertiary/aromatic N) is 5. The number of benzene rings is 1. The van der Waals surface area contributed by atoms with Crippen molar-refractivity contribution >= 4 is 27.8 Å². The molecule has 8 heteroatoms. The van der Waals surface area contributed by atoms with Crippen LogP contribution in [0.15, 0.2) is 53.9 Å². The predicted molar refractivity (Wildman–Crippen MR) is 140 cm³/mol. The number of aromatic amines is 1. The molecular weight excluding hydrogens is 440 g/mol. The molecule has 1 aliphatic heterocycles. The second-order valence-electron chi connectivity index (χ2n) is 9.50. The Kier molecular flexibility index (Phi) is 6.06. The smallest absolute Gasteiger partial charge is 0.275 e. The van der Waals surface area contributed by atoms with E-state index in [1.165, 1.54) is 0 Å². The number of allylic oxidation sites excluding steroid dienone is 2. The number of fused-ring (bicyclic) bond motifs is 2. The molecule has 0 bridgehead atoms. The van der Waals surface area contributed by atoms with Crippen LogP contribution in [0.5, 0.6) is 0 Å². The average Bonchev–Trinajstić information content (AvgIpc) is 3.50. The number of H-pyrrole nitrogens is 1. The molecule has 1 amide bonds. The maximum atomic E-state index is 13.6. The fourth-order valence-electron chi connectivity index (χ4n) is 4.95. The van der Waals surface area contributed by atoms with E-state index in [0.29, 0.717) is 36.8 Å². The number of imidazole rings is 1. The van der Waals surface area contributed by atoms with Crippen molar-refractivity contribution in [2.75, 3.05) is 26.2 Å². The summed E-state index contributed by atoms with van der Waals surface area (Å²) >= 11 is 0. The molecule has 8 nitrogen and oxygen atoms in total. The monoisotopic (exact) mass is 472 g/mol. The number of nitrogens with one attached hydrogen (secondary N) is 1. The highest BCUT2D eigenvalue weighted by molar-refractivity contribution is 6.06. The zero-order chi connectivity index (χ0) is 24.7. The van der Waals surface area contributed by atoms with Gasteiger partial charge in [-0.15, -0.1) is 0 Å². The summed E-state index contributed by atoms with van der Waals surface area (Å²) in [6.45, 7) is 9.98. The first-order valence-electron chi connectivity index (χ1n) is 12.2. The number of rotatable bonds is 5. The van der Waals surface area contributed by atoms with Gasteiger partial charge in [0.05, 0.1) is 17.4 Å². The van der Waals surface area contributed by atoms with E-state index in [1.807, 2.05) is 60.0 Å². The number of hydrogen-bond acceptors (Lipinski definition) is 4. The number of aryl methyl sites for hydroxylation is 1. The van der Waals surface area contributed by atoms with Gasteiger partial charge in [-0.3, -0.25) is 14.5 Å². The van der Waals surface area contributed by atoms with Gasteiger partial charge >= 0.3 is 0 Å². The Morgan fingerprint density at radius 2 is 1.94 bits per heavy atom. The largest absolute Gasteiger partial charge is 0.357 e. The molecule has 0 atom stereocenters. The molecule has 35 heavy (non-hydrogen) atoms. The molecule has 5 rings (SSSR count). The molecule has 0 saturated carbocycles. The van der Waals surface area contributed by atoms with E-state index in [4.69, 9.17) is 0 Å². The first-order chi connectivity index (χ1) is 16.9. The van der Waals surface area contributed by atoms with Gasteiger partial charge < -0.3 is 19.0 Å². The van der Waals surface area contributed by atoms with Gasteiger partial charge in [0.15, 0.2) is 0 Å². The molecule has 4 aromatic rings. The van der Waals surface area contributed by atoms with Crippen molar-refractivity contribution in [3.8, 4) is 11.1 Å². The topological polar surface area (TPSA) is 79.2 Å². The third-order valence-corrected chi connectivity index (χ3v) is 7.03. The minimum absolute atomic E-state index is 0.0327. The maximum Gasteiger partial charge on any atom is 0.275 e. The molecule has 0 aliphatic carbocycles. The first kappa shape index (κ1) is 23.1. The van der Waals surface area contributed by atoms with Crippen LogP contribution < -0.4 is 5.56 Å². The van der Waals surface area contributed by atoms with Crippen LogP contribution in [0.25, 0.3) is 33.1 Å². The molecular formula is C27H32N6O2. The van der Waals surface area contributed by atoms with Crippen molar-refractivity contribution in [1.29, 1.82) is 0 Å². The van der Waals surface area contributed by atoms with Gasteiger partial charge in [-0.2, -0.15) is 0 Å². The second-order valence-corrected chi connectivity index (χ2v) is 9.50. The molecule has 1 fully saturated rings. The second kappa shape index (κ2) is 9.19. The Balaban J connectivity index is 1.64. The molecule has 0 spiro atoms. The summed E-state index contributed by atoms with van der Waals surface area (Å²) in [6, 6.07) is 6.28. The molecule has 1 aliphatic rings. The van der Waals surface area contributed by atoms with Crippen LogP contribution in [0, 0.1) is 0 Å². The third-order valence-electron chi connectivity index (χ3n) is 7.03.